The Kier molecular flexibility index (Phi) is 4.54. The average molecular weight is 291 g/mol. The minimum atomic E-state index is -0.918. The quantitative estimate of drug-likeness (QED) is 0.735. The van der Waals surface area contributed by atoms with Crippen LogP contribution in [0, 0.1) is 0 Å². The number of aliphatic carboxylic acids is 1. The maximum atomic E-state index is 11.7. The molecule has 0 spiro atoms. The molecular formula is C14H17N3O4. The molecule has 1 unspecified atom stereocenters. The third kappa shape index (κ3) is 3.57. The molecule has 1 aliphatic rings. The maximum absolute atomic E-state index is 11.7. The van der Waals surface area contributed by atoms with E-state index in [2.05, 4.69) is 10.6 Å². The summed E-state index contributed by atoms with van der Waals surface area (Å²) in [5.41, 5.74) is 1.68. The molecule has 112 valence electrons. The van der Waals surface area contributed by atoms with E-state index in [0.29, 0.717) is 6.54 Å². The van der Waals surface area contributed by atoms with E-state index >= 15 is 0 Å². The van der Waals surface area contributed by atoms with Gasteiger partial charge in [-0.05, 0) is 11.1 Å². The topological polar surface area (TPSA) is 98.7 Å². The van der Waals surface area contributed by atoms with Gasteiger partial charge in [-0.15, -0.1) is 0 Å². The molecule has 1 aromatic carbocycles. The summed E-state index contributed by atoms with van der Waals surface area (Å²) in [6, 6.07) is 6.73. The molecule has 2 rings (SSSR count). The largest absolute Gasteiger partial charge is 0.481 e. The number of nitrogens with one attached hydrogen (secondary N) is 2. The van der Waals surface area contributed by atoms with E-state index in [1.54, 1.807) is 11.0 Å². The van der Waals surface area contributed by atoms with Crippen molar-refractivity contribution in [2.24, 2.45) is 0 Å². The molecule has 0 radical (unpaired) electrons. The summed E-state index contributed by atoms with van der Waals surface area (Å²) in [7, 11) is 1.42. The summed E-state index contributed by atoms with van der Waals surface area (Å²) in [6.45, 7) is 0.708. The monoisotopic (exact) mass is 291 g/mol. The number of carboxylic acids is 1. The first-order chi connectivity index (χ1) is 10.0. The summed E-state index contributed by atoms with van der Waals surface area (Å²) in [5.74, 6) is -2.04. The van der Waals surface area contributed by atoms with Crippen molar-refractivity contribution in [2.75, 3.05) is 20.1 Å². The second-order valence-corrected chi connectivity index (χ2v) is 4.89. The lowest BCUT2D eigenvalue weighted by Crippen LogP contribution is -2.46. The first-order valence-corrected chi connectivity index (χ1v) is 6.55. The van der Waals surface area contributed by atoms with Crippen molar-refractivity contribution < 1.29 is 19.5 Å². The molecule has 21 heavy (non-hydrogen) atoms. The Morgan fingerprint density at radius 3 is 2.71 bits per heavy atom. The molecule has 3 N–H and O–H groups in total. The lowest BCUT2D eigenvalue weighted by Gasteiger charge is -2.32. The second-order valence-electron chi connectivity index (χ2n) is 4.89. The van der Waals surface area contributed by atoms with Gasteiger partial charge in [0.2, 0.25) is 5.91 Å². The van der Waals surface area contributed by atoms with Gasteiger partial charge in [-0.3, -0.25) is 19.8 Å². The van der Waals surface area contributed by atoms with Crippen LogP contribution in [0.3, 0.4) is 0 Å². The van der Waals surface area contributed by atoms with Crippen LogP contribution in [0.5, 0.6) is 0 Å². The SMILES string of the molecule is CNC(=O)NC(=O)CN1Cc2ccccc2C(C(=O)O)C1. The number of carbonyl (C=O) groups is 3. The fraction of sp³-hybridized carbons (Fsp3) is 0.357. The number of urea groups is 1. The van der Waals surface area contributed by atoms with Crippen LogP contribution in [0.4, 0.5) is 4.79 Å². The third-order valence-corrected chi connectivity index (χ3v) is 3.41. The van der Waals surface area contributed by atoms with Gasteiger partial charge >= 0.3 is 12.0 Å². The molecule has 7 heteroatoms. The lowest BCUT2D eigenvalue weighted by molar-refractivity contribution is -0.140. The second kappa shape index (κ2) is 6.36. The molecule has 1 aliphatic heterocycles. The molecule has 3 amide bonds. The number of hydrogen-bond donors (Lipinski definition) is 3. The van der Waals surface area contributed by atoms with E-state index in [1.165, 1.54) is 7.05 Å². The van der Waals surface area contributed by atoms with Crippen molar-refractivity contribution in [1.29, 1.82) is 0 Å². The van der Waals surface area contributed by atoms with Gasteiger partial charge in [0, 0.05) is 20.1 Å². The van der Waals surface area contributed by atoms with E-state index in [0.717, 1.165) is 11.1 Å². The molecule has 0 bridgehead atoms. The Bertz CT molecular complexity index is 573. The lowest BCUT2D eigenvalue weighted by atomic mass is 9.90. The Morgan fingerprint density at radius 1 is 1.33 bits per heavy atom. The number of nitrogens with zero attached hydrogens (tertiary/aromatic N) is 1. The van der Waals surface area contributed by atoms with Crippen LogP contribution >= 0.6 is 0 Å². The molecule has 7 nitrogen and oxygen atoms in total. The van der Waals surface area contributed by atoms with Crippen molar-refractivity contribution in [1.82, 2.24) is 15.5 Å². The van der Waals surface area contributed by atoms with E-state index < -0.39 is 23.8 Å². The Balaban J connectivity index is 2.09. The molecule has 1 atom stereocenters. The van der Waals surface area contributed by atoms with Crippen LogP contribution in [0.1, 0.15) is 17.0 Å². The van der Waals surface area contributed by atoms with E-state index in [9.17, 15) is 19.5 Å². The number of carboxylic acid groups (broad SMARTS) is 1. The third-order valence-electron chi connectivity index (χ3n) is 3.41. The van der Waals surface area contributed by atoms with Gasteiger partial charge in [-0.1, -0.05) is 24.3 Å². The van der Waals surface area contributed by atoms with Crippen molar-refractivity contribution in [3.05, 3.63) is 35.4 Å². The van der Waals surface area contributed by atoms with Crippen molar-refractivity contribution in [3.63, 3.8) is 0 Å². The molecule has 0 fully saturated rings. The Hall–Kier alpha value is -2.41. The van der Waals surface area contributed by atoms with Gasteiger partial charge in [0.1, 0.15) is 0 Å². The molecule has 1 heterocycles. The van der Waals surface area contributed by atoms with Crippen LogP contribution in [-0.2, 0) is 16.1 Å². The highest BCUT2D eigenvalue weighted by Gasteiger charge is 2.30. The van der Waals surface area contributed by atoms with E-state index in [-0.39, 0.29) is 13.1 Å². The minimum Gasteiger partial charge on any atom is -0.481 e. The molecule has 0 aliphatic carbocycles. The van der Waals surface area contributed by atoms with Crippen LogP contribution in [-0.4, -0.2) is 48.1 Å². The highest BCUT2D eigenvalue weighted by molar-refractivity contribution is 5.95. The normalized spacial score (nSPS) is 17.7. The predicted octanol–water partition coefficient (Wildman–Crippen LogP) is 0.126. The number of amides is 3. The molecule has 0 aromatic heterocycles. The number of imide groups is 1. The highest BCUT2D eigenvalue weighted by Crippen LogP contribution is 2.28. The molecule has 0 saturated heterocycles. The zero-order chi connectivity index (χ0) is 15.4. The van der Waals surface area contributed by atoms with Crippen LogP contribution in [0.15, 0.2) is 24.3 Å². The van der Waals surface area contributed by atoms with E-state index in [1.807, 2.05) is 18.2 Å². The smallest absolute Gasteiger partial charge is 0.321 e. The zero-order valence-electron chi connectivity index (χ0n) is 11.6. The first-order valence-electron chi connectivity index (χ1n) is 6.55. The van der Waals surface area contributed by atoms with Gasteiger partial charge < -0.3 is 10.4 Å². The molecule has 0 saturated carbocycles. The zero-order valence-corrected chi connectivity index (χ0v) is 11.6. The van der Waals surface area contributed by atoms with Crippen LogP contribution < -0.4 is 10.6 Å². The van der Waals surface area contributed by atoms with Crippen LogP contribution in [0.25, 0.3) is 0 Å². The summed E-state index contributed by atoms with van der Waals surface area (Å²) < 4.78 is 0. The molecular weight excluding hydrogens is 274 g/mol. The summed E-state index contributed by atoms with van der Waals surface area (Å²) in [4.78, 5) is 35.9. The number of rotatable bonds is 3. The fourth-order valence-corrected chi connectivity index (χ4v) is 2.44. The van der Waals surface area contributed by atoms with Crippen molar-refractivity contribution >= 4 is 17.9 Å². The first kappa shape index (κ1) is 15.0. The summed E-state index contributed by atoms with van der Waals surface area (Å²) in [6.07, 6.45) is 0. The van der Waals surface area contributed by atoms with Crippen molar-refractivity contribution in [2.45, 2.75) is 12.5 Å². The minimum absolute atomic E-state index is 0.0223. The summed E-state index contributed by atoms with van der Waals surface area (Å²) in [5, 5.41) is 13.8. The van der Waals surface area contributed by atoms with Gasteiger partial charge in [0.15, 0.2) is 0 Å². The highest BCUT2D eigenvalue weighted by atomic mass is 16.4. The number of carbonyl (C=O) groups excluding carboxylic acids is 2. The predicted molar refractivity (Wildman–Crippen MR) is 74.7 cm³/mol. The summed E-state index contributed by atoms with van der Waals surface area (Å²) >= 11 is 0. The fourth-order valence-electron chi connectivity index (χ4n) is 2.44. The van der Waals surface area contributed by atoms with Gasteiger partial charge in [0.25, 0.3) is 0 Å². The molecule has 1 aromatic rings. The van der Waals surface area contributed by atoms with Gasteiger partial charge in [0.05, 0.1) is 12.5 Å². The average Bonchev–Trinajstić information content (AvgIpc) is 2.45. The van der Waals surface area contributed by atoms with Gasteiger partial charge in [-0.25, -0.2) is 4.79 Å². The Labute approximate surface area is 121 Å². The standard InChI is InChI=1S/C14H17N3O4/c1-15-14(21)16-12(18)8-17-6-9-4-2-3-5-10(9)11(7-17)13(19)20/h2-5,11H,6-8H2,1H3,(H,19,20)(H2,15,16,18,21). The maximum Gasteiger partial charge on any atom is 0.321 e. The Morgan fingerprint density at radius 2 is 2.05 bits per heavy atom. The van der Waals surface area contributed by atoms with Crippen LogP contribution in [0.2, 0.25) is 0 Å². The van der Waals surface area contributed by atoms with Crippen molar-refractivity contribution in [3.8, 4) is 0 Å². The number of hydrogen-bond acceptors (Lipinski definition) is 4. The number of benzene rings is 1. The number of fused-ring (bicyclic) bond motifs is 1. The van der Waals surface area contributed by atoms with Gasteiger partial charge in [-0.2, -0.15) is 0 Å². The van der Waals surface area contributed by atoms with E-state index in [4.69, 9.17) is 0 Å².